The van der Waals surface area contributed by atoms with Gasteiger partial charge in [0.1, 0.15) is 0 Å². The SMILES string of the molecule is C[C@@H]1CCC2[C@@H](C)[C@H](OC(CCC(=O)O)c3ccc(Br)cc3)O[C@@H]3OC4(C)CC[C@@H]1C23OO4. The standard InChI is InChI=1S/C25H33BrO7/c1-14-4-9-19-15(2)22(29-20(10-11-21(27)28)16-5-7-17(26)8-6-16)30-23-25(19)18(14)12-13-24(3,31-23)32-33-25/h5-8,14-15,18-20,22-23H,4,9-13H2,1-3H3,(H,27,28)/t14-,15-,18+,19?,20?,22-,23-,24?,25?/m1/s1. The summed E-state index contributed by atoms with van der Waals surface area (Å²) in [5.41, 5.74) is 0.293. The van der Waals surface area contributed by atoms with Gasteiger partial charge in [-0.2, -0.15) is 0 Å². The molecule has 33 heavy (non-hydrogen) atoms. The van der Waals surface area contributed by atoms with Crippen molar-refractivity contribution in [2.75, 3.05) is 0 Å². The molecule has 2 bridgehead atoms. The molecule has 7 nitrogen and oxygen atoms in total. The van der Waals surface area contributed by atoms with Crippen LogP contribution in [0.25, 0.3) is 0 Å². The number of aliphatic carboxylic acids is 1. The molecular formula is C25H33BrO7. The molecule has 4 aliphatic heterocycles. The maximum absolute atomic E-state index is 11.3. The van der Waals surface area contributed by atoms with E-state index in [1.165, 1.54) is 0 Å². The first-order chi connectivity index (χ1) is 15.7. The molecule has 1 aromatic rings. The number of carboxylic acid groups (broad SMARTS) is 1. The lowest BCUT2D eigenvalue weighted by molar-refractivity contribution is -0.578. The predicted octanol–water partition coefficient (Wildman–Crippen LogP) is 5.58. The first kappa shape index (κ1) is 23.7. The minimum atomic E-state index is -0.843. The average molecular weight is 525 g/mol. The molecule has 5 fully saturated rings. The number of halogens is 1. The van der Waals surface area contributed by atoms with Gasteiger partial charge in [-0.15, -0.1) is 0 Å². The Kier molecular flexibility index (Phi) is 6.38. The number of hydrogen-bond donors (Lipinski definition) is 1. The average Bonchev–Trinajstić information content (AvgIpc) is 3.01. The molecule has 4 heterocycles. The molecule has 0 amide bonds. The van der Waals surface area contributed by atoms with Crippen molar-refractivity contribution in [3.8, 4) is 0 Å². The molecule has 4 unspecified atom stereocenters. The fraction of sp³-hybridized carbons (Fsp3) is 0.720. The number of rotatable bonds is 6. The van der Waals surface area contributed by atoms with E-state index in [1.54, 1.807) is 0 Å². The first-order valence-corrected chi connectivity index (χ1v) is 12.8. The Balaban J connectivity index is 1.43. The van der Waals surface area contributed by atoms with Crippen LogP contribution in [0, 0.1) is 23.7 Å². The van der Waals surface area contributed by atoms with Gasteiger partial charge in [0.15, 0.2) is 18.2 Å². The van der Waals surface area contributed by atoms with E-state index in [4.69, 9.17) is 24.0 Å². The van der Waals surface area contributed by atoms with Crippen LogP contribution in [0.2, 0.25) is 0 Å². The van der Waals surface area contributed by atoms with Gasteiger partial charge in [-0.3, -0.25) is 4.79 Å². The largest absolute Gasteiger partial charge is 0.481 e. The summed E-state index contributed by atoms with van der Waals surface area (Å²) in [5.74, 6) is -0.691. The molecule has 9 atom stereocenters. The molecule has 8 heteroatoms. The lowest BCUT2D eigenvalue weighted by atomic mass is 9.58. The molecule has 1 N–H and O–H groups in total. The van der Waals surface area contributed by atoms with Gasteiger partial charge in [-0.25, -0.2) is 9.78 Å². The third kappa shape index (κ3) is 4.17. The van der Waals surface area contributed by atoms with Crippen molar-refractivity contribution >= 4 is 21.9 Å². The van der Waals surface area contributed by atoms with E-state index in [1.807, 2.05) is 31.2 Å². The maximum atomic E-state index is 11.3. The fourth-order valence-electron chi connectivity index (χ4n) is 6.43. The van der Waals surface area contributed by atoms with Crippen LogP contribution in [0.3, 0.4) is 0 Å². The van der Waals surface area contributed by atoms with E-state index < -0.39 is 36.0 Å². The maximum Gasteiger partial charge on any atom is 0.303 e. The summed E-state index contributed by atoms with van der Waals surface area (Å²) >= 11 is 3.47. The summed E-state index contributed by atoms with van der Waals surface area (Å²) in [6.07, 6.45) is 2.71. The monoisotopic (exact) mass is 524 g/mol. The number of ether oxygens (including phenoxy) is 3. The molecule has 1 saturated carbocycles. The van der Waals surface area contributed by atoms with Gasteiger partial charge in [-0.1, -0.05) is 41.9 Å². The number of fused-ring (bicyclic) bond motifs is 2. The van der Waals surface area contributed by atoms with Crippen LogP contribution in [0.5, 0.6) is 0 Å². The Hall–Kier alpha value is -1.03. The van der Waals surface area contributed by atoms with Crippen molar-refractivity contribution < 1.29 is 33.9 Å². The summed E-state index contributed by atoms with van der Waals surface area (Å²) in [6.45, 7) is 6.34. The number of benzene rings is 1. The molecule has 1 spiro atoms. The Morgan fingerprint density at radius 3 is 2.67 bits per heavy atom. The lowest BCUT2D eigenvalue weighted by Crippen LogP contribution is -2.70. The van der Waals surface area contributed by atoms with Crippen molar-refractivity contribution in [3.05, 3.63) is 34.3 Å². The highest BCUT2D eigenvalue weighted by Gasteiger charge is 2.69. The van der Waals surface area contributed by atoms with E-state index in [-0.39, 0.29) is 18.3 Å². The second-order valence-corrected chi connectivity index (χ2v) is 11.3. The molecule has 1 aliphatic carbocycles. The zero-order valence-electron chi connectivity index (χ0n) is 19.4. The van der Waals surface area contributed by atoms with Gasteiger partial charge in [0, 0.05) is 29.2 Å². The normalized spacial score (nSPS) is 42.9. The second-order valence-electron chi connectivity index (χ2n) is 10.4. The van der Waals surface area contributed by atoms with Crippen molar-refractivity contribution in [2.24, 2.45) is 23.7 Å². The van der Waals surface area contributed by atoms with Gasteiger partial charge >= 0.3 is 5.97 Å². The molecular weight excluding hydrogens is 492 g/mol. The van der Waals surface area contributed by atoms with E-state index in [0.29, 0.717) is 18.3 Å². The van der Waals surface area contributed by atoms with E-state index in [9.17, 15) is 9.90 Å². The van der Waals surface area contributed by atoms with Gasteiger partial charge in [0.2, 0.25) is 5.79 Å². The van der Waals surface area contributed by atoms with Gasteiger partial charge in [0.05, 0.1) is 6.10 Å². The van der Waals surface area contributed by atoms with Crippen molar-refractivity contribution in [2.45, 2.75) is 89.4 Å². The summed E-state index contributed by atoms with van der Waals surface area (Å²) < 4.78 is 20.5. The highest BCUT2D eigenvalue weighted by molar-refractivity contribution is 9.10. The Morgan fingerprint density at radius 2 is 1.94 bits per heavy atom. The lowest BCUT2D eigenvalue weighted by Gasteiger charge is -2.60. The molecule has 5 aliphatic rings. The minimum absolute atomic E-state index is 0.0176. The zero-order valence-corrected chi connectivity index (χ0v) is 21.0. The van der Waals surface area contributed by atoms with Crippen LogP contribution in [-0.2, 0) is 28.8 Å². The number of hydrogen-bond acceptors (Lipinski definition) is 6. The van der Waals surface area contributed by atoms with Crippen molar-refractivity contribution in [1.29, 1.82) is 0 Å². The van der Waals surface area contributed by atoms with Gasteiger partial charge in [-0.05, 0) is 62.1 Å². The Labute approximate surface area is 203 Å². The van der Waals surface area contributed by atoms with E-state index in [0.717, 1.165) is 35.7 Å². The predicted molar refractivity (Wildman–Crippen MR) is 122 cm³/mol. The summed E-state index contributed by atoms with van der Waals surface area (Å²) in [5, 5.41) is 9.29. The summed E-state index contributed by atoms with van der Waals surface area (Å²) in [4.78, 5) is 23.4. The second kappa shape index (κ2) is 8.88. The minimum Gasteiger partial charge on any atom is -0.481 e. The van der Waals surface area contributed by atoms with Crippen LogP contribution < -0.4 is 0 Å². The third-order valence-corrected chi connectivity index (χ3v) is 8.79. The molecule has 0 radical (unpaired) electrons. The van der Waals surface area contributed by atoms with Crippen LogP contribution in [0.4, 0.5) is 0 Å². The van der Waals surface area contributed by atoms with Crippen LogP contribution in [0.15, 0.2) is 28.7 Å². The molecule has 0 aromatic heterocycles. The van der Waals surface area contributed by atoms with Gasteiger partial charge < -0.3 is 19.3 Å². The fourth-order valence-corrected chi connectivity index (χ4v) is 6.70. The van der Waals surface area contributed by atoms with Gasteiger partial charge in [0.25, 0.3) is 0 Å². The quantitative estimate of drug-likeness (QED) is 0.486. The van der Waals surface area contributed by atoms with E-state index in [2.05, 4.69) is 29.8 Å². The van der Waals surface area contributed by atoms with Crippen LogP contribution in [-0.4, -0.2) is 35.0 Å². The highest BCUT2D eigenvalue weighted by atomic mass is 79.9. The first-order valence-electron chi connectivity index (χ1n) is 12.0. The zero-order chi connectivity index (χ0) is 23.4. The highest BCUT2D eigenvalue weighted by Crippen LogP contribution is 2.60. The summed E-state index contributed by atoms with van der Waals surface area (Å²) in [7, 11) is 0. The summed E-state index contributed by atoms with van der Waals surface area (Å²) in [6, 6.07) is 7.82. The Bertz CT molecular complexity index is 878. The van der Waals surface area contributed by atoms with Crippen molar-refractivity contribution in [1.82, 2.24) is 0 Å². The molecule has 1 aromatic carbocycles. The van der Waals surface area contributed by atoms with Crippen molar-refractivity contribution in [3.63, 3.8) is 0 Å². The smallest absolute Gasteiger partial charge is 0.303 e. The van der Waals surface area contributed by atoms with Crippen LogP contribution >= 0.6 is 15.9 Å². The Morgan fingerprint density at radius 1 is 1.18 bits per heavy atom. The number of carboxylic acids is 1. The van der Waals surface area contributed by atoms with E-state index >= 15 is 0 Å². The van der Waals surface area contributed by atoms with Crippen LogP contribution in [0.1, 0.15) is 71.0 Å². The molecule has 6 rings (SSSR count). The third-order valence-electron chi connectivity index (χ3n) is 8.26. The molecule has 4 saturated heterocycles. The number of carbonyl (C=O) groups is 1. The topological polar surface area (TPSA) is 83.5 Å². The molecule has 182 valence electrons.